The molecule has 0 aromatic rings. The molecule has 0 bridgehead atoms. The van der Waals surface area contributed by atoms with Crippen LogP contribution in [0.25, 0.3) is 0 Å². The van der Waals surface area contributed by atoms with Crippen molar-refractivity contribution in [2.24, 2.45) is 0 Å². The van der Waals surface area contributed by atoms with E-state index in [-0.39, 0.29) is 11.9 Å². The van der Waals surface area contributed by atoms with Crippen molar-refractivity contribution in [2.75, 3.05) is 6.67 Å². The third-order valence-corrected chi connectivity index (χ3v) is 3.04. The highest BCUT2D eigenvalue weighted by atomic mass is 79.9. The number of hydrazine groups is 1. The van der Waals surface area contributed by atoms with Crippen LogP contribution in [-0.4, -0.2) is 28.6 Å². The van der Waals surface area contributed by atoms with Gasteiger partial charge >= 0.3 is 0 Å². The van der Waals surface area contributed by atoms with Crippen molar-refractivity contribution in [2.45, 2.75) is 23.8 Å². The summed E-state index contributed by atoms with van der Waals surface area (Å²) in [7, 11) is 0. The third kappa shape index (κ3) is 1.17. The molecule has 11 heavy (non-hydrogen) atoms. The van der Waals surface area contributed by atoms with E-state index in [1.165, 1.54) is 0 Å². The molecule has 2 rings (SSSR count). The van der Waals surface area contributed by atoms with Crippen LogP contribution in [-0.2, 0) is 4.79 Å². The zero-order chi connectivity index (χ0) is 7.84. The van der Waals surface area contributed by atoms with Crippen LogP contribution < -0.4 is 10.7 Å². The average Bonchev–Trinajstić information content (AvgIpc) is 2.35. The molecule has 0 radical (unpaired) electrons. The highest BCUT2D eigenvalue weighted by Crippen LogP contribution is 2.26. The Hall–Kier alpha value is -0.130. The van der Waals surface area contributed by atoms with E-state index in [9.17, 15) is 4.79 Å². The van der Waals surface area contributed by atoms with E-state index < -0.39 is 0 Å². The lowest BCUT2D eigenvalue weighted by Crippen LogP contribution is -2.60. The summed E-state index contributed by atoms with van der Waals surface area (Å²) in [6.45, 7) is 0.553. The minimum Gasteiger partial charge on any atom is -0.341 e. The summed E-state index contributed by atoms with van der Waals surface area (Å²) in [5, 5.41) is 4.75. The summed E-state index contributed by atoms with van der Waals surface area (Å²) < 4.78 is 0. The van der Waals surface area contributed by atoms with Crippen LogP contribution in [0, 0.1) is 0 Å². The molecule has 2 heterocycles. The largest absolute Gasteiger partial charge is 0.341 e. The Morgan fingerprint density at radius 1 is 1.55 bits per heavy atom. The Kier molecular flexibility index (Phi) is 1.86. The van der Waals surface area contributed by atoms with Crippen LogP contribution in [0.2, 0.25) is 0 Å². The van der Waals surface area contributed by atoms with Crippen LogP contribution in [0.15, 0.2) is 0 Å². The lowest BCUT2D eigenvalue weighted by molar-refractivity contribution is -0.130. The molecule has 4 nitrogen and oxygen atoms in total. The van der Waals surface area contributed by atoms with Crippen LogP contribution in [0.3, 0.4) is 0 Å². The molecule has 2 aliphatic rings. The summed E-state index contributed by atoms with van der Waals surface area (Å²) in [5.41, 5.74) is 3.12. The van der Waals surface area contributed by atoms with Gasteiger partial charge in [0.25, 0.3) is 0 Å². The van der Waals surface area contributed by atoms with Crippen molar-refractivity contribution in [1.82, 2.24) is 15.8 Å². The maximum atomic E-state index is 11.2. The molecule has 0 aliphatic carbocycles. The van der Waals surface area contributed by atoms with Gasteiger partial charge in [-0.2, -0.15) is 0 Å². The van der Waals surface area contributed by atoms with Crippen LogP contribution in [0.5, 0.6) is 0 Å². The van der Waals surface area contributed by atoms with E-state index in [1.54, 1.807) is 0 Å². The van der Waals surface area contributed by atoms with Gasteiger partial charge in [-0.25, -0.2) is 10.4 Å². The number of hydrogen-bond acceptors (Lipinski definition) is 3. The van der Waals surface area contributed by atoms with Crippen LogP contribution in [0.4, 0.5) is 0 Å². The predicted octanol–water partition coefficient (Wildman–Crippen LogP) is -0.236. The third-order valence-electron chi connectivity index (χ3n) is 2.14. The van der Waals surface area contributed by atoms with Gasteiger partial charge in [0.15, 0.2) is 0 Å². The Labute approximate surface area is 73.4 Å². The summed E-state index contributed by atoms with van der Waals surface area (Å²) in [6.07, 6.45) is 1.97. The number of carbonyl (C=O) groups excluding carboxylic acids is 1. The maximum absolute atomic E-state index is 11.2. The van der Waals surface area contributed by atoms with Crippen molar-refractivity contribution >= 4 is 21.8 Å². The van der Waals surface area contributed by atoms with E-state index in [1.807, 2.05) is 5.01 Å². The van der Waals surface area contributed by atoms with E-state index in [0.717, 1.165) is 12.8 Å². The standard InChI is InChI=1S/C6H10BrN3O/c7-5-2-1-4-6(11)8-3-9-10(4)5/h4-5,9H,1-3H2,(H,8,11). The van der Waals surface area contributed by atoms with Gasteiger partial charge < -0.3 is 5.32 Å². The number of halogens is 1. The fourth-order valence-electron chi connectivity index (χ4n) is 1.57. The smallest absolute Gasteiger partial charge is 0.239 e. The lowest BCUT2D eigenvalue weighted by atomic mass is 10.2. The fraction of sp³-hybridized carbons (Fsp3) is 0.833. The maximum Gasteiger partial charge on any atom is 0.239 e. The number of nitrogens with zero attached hydrogens (tertiary/aromatic N) is 1. The van der Waals surface area contributed by atoms with Gasteiger partial charge in [-0.15, -0.1) is 0 Å². The van der Waals surface area contributed by atoms with E-state index in [4.69, 9.17) is 0 Å². The Morgan fingerprint density at radius 3 is 3.09 bits per heavy atom. The normalized spacial score (nSPS) is 38.5. The highest BCUT2D eigenvalue weighted by Gasteiger charge is 2.38. The van der Waals surface area contributed by atoms with E-state index >= 15 is 0 Å². The average molecular weight is 220 g/mol. The Morgan fingerprint density at radius 2 is 2.36 bits per heavy atom. The molecular weight excluding hydrogens is 210 g/mol. The van der Waals surface area contributed by atoms with E-state index in [2.05, 4.69) is 26.7 Å². The number of alkyl halides is 1. The molecule has 2 saturated heterocycles. The predicted molar refractivity (Wildman–Crippen MR) is 43.7 cm³/mol. The number of fused-ring (bicyclic) bond motifs is 1. The number of hydrogen-bond donors (Lipinski definition) is 2. The molecule has 0 aromatic carbocycles. The summed E-state index contributed by atoms with van der Waals surface area (Å²) in [5.74, 6) is 0.144. The zero-order valence-electron chi connectivity index (χ0n) is 6.01. The first-order valence-corrected chi connectivity index (χ1v) is 4.64. The quantitative estimate of drug-likeness (QED) is 0.437. The molecule has 2 fully saturated rings. The van der Waals surface area contributed by atoms with Crippen molar-refractivity contribution in [3.05, 3.63) is 0 Å². The van der Waals surface area contributed by atoms with Gasteiger partial charge in [0.1, 0.15) is 6.04 Å². The van der Waals surface area contributed by atoms with E-state index in [0.29, 0.717) is 11.6 Å². The van der Waals surface area contributed by atoms with Gasteiger partial charge in [-0.05, 0) is 12.8 Å². The van der Waals surface area contributed by atoms with Gasteiger partial charge in [0, 0.05) is 0 Å². The summed E-state index contributed by atoms with van der Waals surface area (Å²) >= 11 is 3.49. The zero-order valence-corrected chi connectivity index (χ0v) is 7.60. The number of rotatable bonds is 0. The molecule has 1 amide bonds. The Bertz CT molecular complexity index is 187. The minimum absolute atomic E-state index is 0.0353. The lowest BCUT2D eigenvalue weighted by Gasteiger charge is -2.31. The fourth-order valence-corrected chi connectivity index (χ4v) is 2.27. The van der Waals surface area contributed by atoms with Gasteiger partial charge in [0.05, 0.1) is 11.6 Å². The van der Waals surface area contributed by atoms with Crippen LogP contribution in [0.1, 0.15) is 12.8 Å². The second-order valence-electron chi connectivity index (χ2n) is 2.81. The first-order chi connectivity index (χ1) is 5.29. The first-order valence-electron chi connectivity index (χ1n) is 3.72. The summed E-state index contributed by atoms with van der Waals surface area (Å²) in [6, 6.07) is 0.0353. The van der Waals surface area contributed by atoms with Crippen LogP contribution >= 0.6 is 15.9 Å². The minimum atomic E-state index is 0.0353. The van der Waals surface area contributed by atoms with Crippen molar-refractivity contribution < 1.29 is 4.79 Å². The molecule has 2 N–H and O–H groups in total. The highest BCUT2D eigenvalue weighted by molar-refractivity contribution is 9.09. The molecule has 2 unspecified atom stereocenters. The Balaban J connectivity index is 2.13. The second kappa shape index (κ2) is 2.73. The molecule has 62 valence electrons. The van der Waals surface area contributed by atoms with Gasteiger partial charge in [0.2, 0.25) is 5.91 Å². The number of nitrogens with one attached hydrogen (secondary N) is 2. The molecule has 0 spiro atoms. The topological polar surface area (TPSA) is 44.4 Å². The molecule has 2 aliphatic heterocycles. The summed E-state index contributed by atoms with van der Waals surface area (Å²) in [4.78, 5) is 11.5. The number of carbonyl (C=O) groups is 1. The molecule has 0 saturated carbocycles. The van der Waals surface area contributed by atoms with Gasteiger partial charge in [-0.3, -0.25) is 4.79 Å². The monoisotopic (exact) mass is 219 g/mol. The second-order valence-corrected chi connectivity index (χ2v) is 3.87. The molecular formula is C6H10BrN3O. The van der Waals surface area contributed by atoms with Gasteiger partial charge in [-0.1, -0.05) is 15.9 Å². The SMILES string of the molecule is O=C1NCNN2C(Br)CCC12. The van der Waals surface area contributed by atoms with Crippen molar-refractivity contribution in [3.63, 3.8) is 0 Å². The molecule has 0 aromatic heterocycles. The van der Waals surface area contributed by atoms with Crippen molar-refractivity contribution in [3.8, 4) is 0 Å². The first kappa shape index (κ1) is 7.52. The molecule has 5 heteroatoms. The molecule has 2 atom stereocenters. The number of amides is 1. The van der Waals surface area contributed by atoms with Crippen molar-refractivity contribution in [1.29, 1.82) is 0 Å².